The van der Waals surface area contributed by atoms with Crippen LogP contribution in [-0.4, -0.2) is 49.3 Å². The quantitative estimate of drug-likeness (QED) is 0.722. The van der Waals surface area contributed by atoms with E-state index < -0.39 is 0 Å². The van der Waals surface area contributed by atoms with Crippen molar-refractivity contribution in [1.29, 1.82) is 0 Å². The topological polar surface area (TPSA) is 24.5 Å². The summed E-state index contributed by atoms with van der Waals surface area (Å²) in [6, 6.07) is 1.25. The minimum Gasteiger partial charge on any atom is -0.377 e. The van der Waals surface area contributed by atoms with Gasteiger partial charge >= 0.3 is 0 Å². The molecule has 0 spiro atoms. The Morgan fingerprint density at radius 2 is 2.11 bits per heavy atom. The molecule has 0 aromatic rings. The molecular formula is C15H32N2O. The molecule has 1 rings (SSSR count). The Labute approximate surface area is 113 Å². The smallest absolute Gasteiger partial charge is 0.0702 e. The third-order valence-corrected chi connectivity index (χ3v) is 3.72. The molecule has 0 aliphatic carbocycles. The zero-order valence-electron chi connectivity index (χ0n) is 12.7. The molecule has 1 fully saturated rings. The summed E-state index contributed by atoms with van der Waals surface area (Å²) in [5.74, 6) is 0. The highest BCUT2D eigenvalue weighted by atomic mass is 16.5. The standard InChI is InChI=1S/C15H32N2O/c1-5-10-18-15-8-7-9-17(12-15)14(6-2)11-16-13(3)4/h13-16H,5-12H2,1-4H3. The SMILES string of the molecule is CCCOC1CCCN(C(CC)CNC(C)C)C1. The van der Waals surface area contributed by atoms with Crippen LogP contribution in [0.5, 0.6) is 0 Å². The predicted octanol–water partition coefficient (Wildman–Crippen LogP) is 2.65. The molecule has 0 aromatic heterocycles. The van der Waals surface area contributed by atoms with E-state index in [4.69, 9.17) is 4.74 Å². The molecule has 0 radical (unpaired) electrons. The van der Waals surface area contributed by atoms with Crippen molar-refractivity contribution in [2.24, 2.45) is 0 Å². The van der Waals surface area contributed by atoms with Crippen LogP contribution in [-0.2, 0) is 4.74 Å². The zero-order chi connectivity index (χ0) is 13.4. The molecule has 1 N–H and O–H groups in total. The molecule has 0 saturated carbocycles. The largest absolute Gasteiger partial charge is 0.377 e. The van der Waals surface area contributed by atoms with E-state index in [9.17, 15) is 0 Å². The molecule has 1 saturated heterocycles. The van der Waals surface area contributed by atoms with Crippen LogP contribution in [0.25, 0.3) is 0 Å². The number of likely N-dealkylation sites (tertiary alicyclic amines) is 1. The molecule has 0 bridgehead atoms. The minimum atomic E-state index is 0.465. The molecule has 108 valence electrons. The number of rotatable bonds is 8. The third-order valence-electron chi connectivity index (χ3n) is 3.72. The Kier molecular flexibility index (Phi) is 7.87. The van der Waals surface area contributed by atoms with Crippen molar-refractivity contribution in [3.05, 3.63) is 0 Å². The van der Waals surface area contributed by atoms with E-state index in [0.29, 0.717) is 18.2 Å². The number of nitrogens with zero attached hydrogens (tertiary/aromatic N) is 1. The van der Waals surface area contributed by atoms with Gasteiger partial charge in [0.15, 0.2) is 0 Å². The molecule has 3 heteroatoms. The second-order valence-electron chi connectivity index (χ2n) is 5.75. The van der Waals surface area contributed by atoms with Crippen molar-refractivity contribution in [1.82, 2.24) is 10.2 Å². The van der Waals surface area contributed by atoms with E-state index in [-0.39, 0.29) is 0 Å². The fourth-order valence-corrected chi connectivity index (χ4v) is 2.62. The van der Waals surface area contributed by atoms with Gasteiger partial charge in [-0.15, -0.1) is 0 Å². The van der Waals surface area contributed by atoms with Gasteiger partial charge in [0.05, 0.1) is 6.10 Å². The van der Waals surface area contributed by atoms with Crippen molar-refractivity contribution in [3.63, 3.8) is 0 Å². The third kappa shape index (κ3) is 5.68. The lowest BCUT2D eigenvalue weighted by Gasteiger charge is -2.38. The van der Waals surface area contributed by atoms with Gasteiger partial charge in [0.2, 0.25) is 0 Å². The van der Waals surface area contributed by atoms with Gasteiger partial charge in [-0.1, -0.05) is 27.7 Å². The number of hydrogen-bond acceptors (Lipinski definition) is 3. The van der Waals surface area contributed by atoms with Crippen molar-refractivity contribution in [2.45, 2.75) is 71.6 Å². The van der Waals surface area contributed by atoms with Gasteiger partial charge in [-0.25, -0.2) is 0 Å². The Bertz CT molecular complexity index is 209. The van der Waals surface area contributed by atoms with Gasteiger partial charge in [-0.3, -0.25) is 4.90 Å². The summed E-state index contributed by atoms with van der Waals surface area (Å²) in [7, 11) is 0. The molecule has 0 aromatic carbocycles. The van der Waals surface area contributed by atoms with E-state index in [1.807, 2.05) is 0 Å². The number of nitrogens with one attached hydrogen (secondary N) is 1. The average molecular weight is 256 g/mol. The summed E-state index contributed by atoms with van der Waals surface area (Å²) in [5, 5.41) is 3.57. The lowest BCUT2D eigenvalue weighted by molar-refractivity contribution is -0.0130. The highest BCUT2D eigenvalue weighted by Gasteiger charge is 2.25. The van der Waals surface area contributed by atoms with Gasteiger partial charge < -0.3 is 10.1 Å². The molecule has 1 heterocycles. The van der Waals surface area contributed by atoms with Crippen LogP contribution in [0, 0.1) is 0 Å². The first-order valence-corrected chi connectivity index (χ1v) is 7.76. The lowest BCUT2D eigenvalue weighted by atomic mass is 10.0. The monoisotopic (exact) mass is 256 g/mol. The summed E-state index contributed by atoms with van der Waals surface area (Å²) < 4.78 is 5.92. The molecule has 18 heavy (non-hydrogen) atoms. The van der Waals surface area contributed by atoms with Crippen LogP contribution >= 0.6 is 0 Å². The summed E-state index contributed by atoms with van der Waals surface area (Å²) in [5.41, 5.74) is 0. The summed E-state index contributed by atoms with van der Waals surface area (Å²) >= 11 is 0. The zero-order valence-corrected chi connectivity index (χ0v) is 12.7. The summed E-state index contributed by atoms with van der Waals surface area (Å²) in [6.45, 7) is 13.3. The van der Waals surface area contributed by atoms with Gasteiger partial charge in [0.1, 0.15) is 0 Å². The normalized spacial score (nSPS) is 23.5. The molecule has 3 nitrogen and oxygen atoms in total. The lowest BCUT2D eigenvalue weighted by Crippen LogP contribution is -2.49. The fourth-order valence-electron chi connectivity index (χ4n) is 2.62. The molecule has 2 unspecified atom stereocenters. The Balaban J connectivity index is 2.37. The van der Waals surface area contributed by atoms with Crippen LogP contribution in [0.15, 0.2) is 0 Å². The van der Waals surface area contributed by atoms with Gasteiger partial charge in [0.25, 0.3) is 0 Å². The van der Waals surface area contributed by atoms with E-state index in [2.05, 4.69) is 37.9 Å². The van der Waals surface area contributed by atoms with Gasteiger partial charge in [-0.05, 0) is 32.2 Å². The van der Waals surface area contributed by atoms with Gasteiger partial charge in [0, 0.05) is 31.8 Å². The van der Waals surface area contributed by atoms with E-state index in [1.165, 1.54) is 25.8 Å². The average Bonchev–Trinajstić information content (AvgIpc) is 2.37. The summed E-state index contributed by atoms with van der Waals surface area (Å²) in [6.07, 6.45) is 5.34. The maximum absolute atomic E-state index is 5.92. The first kappa shape index (κ1) is 15.9. The maximum atomic E-state index is 5.92. The first-order valence-electron chi connectivity index (χ1n) is 7.76. The van der Waals surface area contributed by atoms with Crippen molar-refractivity contribution < 1.29 is 4.74 Å². The van der Waals surface area contributed by atoms with E-state index >= 15 is 0 Å². The maximum Gasteiger partial charge on any atom is 0.0702 e. The highest BCUT2D eigenvalue weighted by Crippen LogP contribution is 2.17. The summed E-state index contributed by atoms with van der Waals surface area (Å²) in [4.78, 5) is 2.62. The predicted molar refractivity (Wildman–Crippen MR) is 78.1 cm³/mol. The minimum absolute atomic E-state index is 0.465. The van der Waals surface area contributed by atoms with Crippen molar-refractivity contribution >= 4 is 0 Å². The van der Waals surface area contributed by atoms with Crippen molar-refractivity contribution in [2.75, 3.05) is 26.2 Å². The van der Waals surface area contributed by atoms with Crippen molar-refractivity contribution in [3.8, 4) is 0 Å². The molecule has 1 aliphatic heterocycles. The molecule has 1 aliphatic rings. The van der Waals surface area contributed by atoms with E-state index in [0.717, 1.165) is 26.1 Å². The van der Waals surface area contributed by atoms with Crippen LogP contribution in [0.4, 0.5) is 0 Å². The van der Waals surface area contributed by atoms with Crippen LogP contribution < -0.4 is 5.32 Å². The number of hydrogen-bond donors (Lipinski definition) is 1. The second kappa shape index (κ2) is 8.89. The van der Waals surface area contributed by atoms with Crippen LogP contribution in [0.2, 0.25) is 0 Å². The Morgan fingerprint density at radius 1 is 1.33 bits per heavy atom. The van der Waals surface area contributed by atoms with Crippen LogP contribution in [0.1, 0.15) is 53.4 Å². The Morgan fingerprint density at radius 3 is 2.72 bits per heavy atom. The number of piperidine rings is 1. The first-order chi connectivity index (χ1) is 8.67. The molecular weight excluding hydrogens is 224 g/mol. The second-order valence-corrected chi connectivity index (χ2v) is 5.75. The van der Waals surface area contributed by atoms with Gasteiger partial charge in [-0.2, -0.15) is 0 Å². The Hall–Kier alpha value is -0.120. The molecule has 0 amide bonds. The van der Waals surface area contributed by atoms with E-state index in [1.54, 1.807) is 0 Å². The van der Waals surface area contributed by atoms with Crippen LogP contribution in [0.3, 0.4) is 0 Å². The number of ether oxygens (including phenoxy) is 1. The highest BCUT2D eigenvalue weighted by molar-refractivity contribution is 4.80. The fraction of sp³-hybridized carbons (Fsp3) is 1.00. The molecule has 2 atom stereocenters.